The number of ether oxygens (including phenoxy) is 2. The number of hydrogen-bond donors (Lipinski definition) is 1. The summed E-state index contributed by atoms with van der Waals surface area (Å²) in [5, 5.41) is 20.0. The van der Waals surface area contributed by atoms with Crippen LogP contribution in [0.2, 0.25) is 0 Å². The number of benzene rings is 2. The van der Waals surface area contributed by atoms with Crippen LogP contribution in [0.1, 0.15) is 11.1 Å². The molecule has 0 aliphatic carbocycles. The van der Waals surface area contributed by atoms with Crippen LogP contribution in [-0.4, -0.2) is 17.1 Å². The maximum atomic E-state index is 10.8. The van der Waals surface area contributed by atoms with E-state index in [1.54, 1.807) is 13.2 Å². The van der Waals surface area contributed by atoms with E-state index < -0.39 is 11.5 Å². The molecule has 1 N–H and O–H groups in total. The van der Waals surface area contributed by atoms with Crippen LogP contribution in [0, 0.1) is 10.1 Å². The van der Waals surface area contributed by atoms with Crippen molar-refractivity contribution in [3.8, 4) is 11.5 Å². The molecule has 2 rings (SSSR count). The summed E-state index contributed by atoms with van der Waals surface area (Å²) in [4.78, 5) is 10.3. The molecule has 0 heterocycles. The van der Waals surface area contributed by atoms with Gasteiger partial charge in [-0.15, -0.1) is 0 Å². The van der Waals surface area contributed by atoms with Gasteiger partial charge in [0.15, 0.2) is 0 Å². The molecule has 0 aliphatic heterocycles. The van der Waals surface area contributed by atoms with Crippen molar-refractivity contribution < 1.29 is 19.5 Å². The van der Waals surface area contributed by atoms with E-state index in [4.69, 9.17) is 9.47 Å². The van der Waals surface area contributed by atoms with Crippen LogP contribution in [0.4, 0.5) is 5.69 Å². The fourth-order valence-electron chi connectivity index (χ4n) is 1.93. The van der Waals surface area contributed by atoms with E-state index in [9.17, 15) is 15.2 Å². The molecule has 0 amide bonds. The average molecular weight is 289 g/mol. The van der Waals surface area contributed by atoms with Gasteiger partial charge in [0.25, 0.3) is 5.69 Å². The first kappa shape index (κ1) is 15.0. The molecule has 0 spiro atoms. The zero-order chi connectivity index (χ0) is 15.2. The van der Waals surface area contributed by atoms with E-state index in [-0.39, 0.29) is 11.3 Å². The highest BCUT2D eigenvalue weighted by molar-refractivity contribution is 5.46. The predicted molar refractivity (Wildman–Crippen MR) is 76.2 cm³/mol. The van der Waals surface area contributed by atoms with Crippen molar-refractivity contribution in [2.45, 2.75) is 13.2 Å². The highest BCUT2D eigenvalue weighted by atomic mass is 16.6. The van der Waals surface area contributed by atoms with Crippen molar-refractivity contribution in [1.29, 1.82) is 0 Å². The molecule has 2 aromatic carbocycles. The maximum absolute atomic E-state index is 10.8. The summed E-state index contributed by atoms with van der Waals surface area (Å²) in [5.41, 5.74) is 1.04. The normalized spacial score (nSPS) is 10.4. The third kappa shape index (κ3) is 3.77. The molecule has 0 radical (unpaired) electrons. The third-order valence-electron chi connectivity index (χ3n) is 2.86. The lowest BCUT2D eigenvalue weighted by Crippen LogP contribution is -1.96. The fourth-order valence-corrected chi connectivity index (χ4v) is 1.93. The first-order chi connectivity index (χ1) is 10.1. The summed E-state index contributed by atoms with van der Waals surface area (Å²) >= 11 is 0. The second-order valence-corrected chi connectivity index (χ2v) is 4.39. The number of aliphatic hydroxyl groups excluding tert-OH is 1. The lowest BCUT2D eigenvalue weighted by atomic mass is 10.2. The second-order valence-electron chi connectivity index (χ2n) is 4.39. The first-order valence-electron chi connectivity index (χ1n) is 6.28. The largest absolute Gasteiger partial charge is 0.457 e. The van der Waals surface area contributed by atoms with Crippen molar-refractivity contribution >= 4 is 5.69 Å². The number of hydrogen-bond acceptors (Lipinski definition) is 5. The standard InChI is InChI=1S/C15H15NO5/c1-20-10-11-3-2-4-13(7-11)21-14-5-6-15(16(18)19)12(8-14)9-17/h2-8,17H,9-10H2,1H3. The molecule has 0 aromatic heterocycles. The molecule has 21 heavy (non-hydrogen) atoms. The number of rotatable bonds is 6. The van der Waals surface area contributed by atoms with Crippen molar-refractivity contribution in [3.63, 3.8) is 0 Å². The highest BCUT2D eigenvalue weighted by Gasteiger charge is 2.14. The number of nitrogens with zero attached hydrogens (tertiary/aromatic N) is 1. The van der Waals surface area contributed by atoms with E-state index in [0.717, 1.165) is 5.56 Å². The topological polar surface area (TPSA) is 81.8 Å². The minimum atomic E-state index is -0.533. The van der Waals surface area contributed by atoms with Gasteiger partial charge in [-0.05, 0) is 29.8 Å². The minimum Gasteiger partial charge on any atom is -0.457 e. The van der Waals surface area contributed by atoms with Gasteiger partial charge in [-0.1, -0.05) is 12.1 Å². The van der Waals surface area contributed by atoms with Crippen molar-refractivity contribution in [2.75, 3.05) is 7.11 Å². The van der Waals surface area contributed by atoms with Crippen LogP contribution >= 0.6 is 0 Å². The summed E-state index contributed by atoms with van der Waals surface area (Å²) in [6.07, 6.45) is 0. The molecule has 6 nitrogen and oxygen atoms in total. The lowest BCUT2D eigenvalue weighted by Gasteiger charge is -2.08. The summed E-state index contributed by atoms with van der Waals surface area (Å²) in [5.74, 6) is 1.03. The van der Waals surface area contributed by atoms with Crippen LogP contribution in [-0.2, 0) is 18.0 Å². The summed E-state index contributed by atoms with van der Waals surface area (Å²) in [7, 11) is 1.61. The van der Waals surface area contributed by atoms with Gasteiger partial charge in [-0.25, -0.2) is 0 Å². The summed E-state index contributed by atoms with van der Waals surface area (Å²) in [6, 6.07) is 11.6. The minimum absolute atomic E-state index is 0.127. The SMILES string of the molecule is COCc1cccc(Oc2ccc([N+](=O)[O-])c(CO)c2)c1. The van der Waals surface area contributed by atoms with Gasteiger partial charge in [0.2, 0.25) is 0 Å². The molecule has 0 atom stereocenters. The molecule has 0 saturated heterocycles. The number of aliphatic hydroxyl groups is 1. The Morgan fingerprint density at radius 2 is 1.95 bits per heavy atom. The highest BCUT2D eigenvalue weighted by Crippen LogP contribution is 2.28. The smallest absolute Gasteiger partial charge is 0.275 e. The Hall–Kier alpha value is -2.44. The molecular formula is C15H15NO5. The van der Waals surface area contributed by atoms with Crippen molar-refractivity contribution in [1.82, 2.24) is 0 Å². The van der Waals surface area contributed by atoms with E-state index in [2.05, 4.69) is 0 Å². The summed E-state index contributed by atoms with van der Waals surface area (Å²) < 4.78 is 10.7. The van der Waals surface area contributed by atoms with Crippen LogP contribution in [0.15, 0.2) is 42.5 Å². The Kier molecular flexibility index (Phi) is 4.86. The van der Waals surface area contributed by atoms with Crippen LogP contribution in [0.5, 0.6) is 11.5 Å². The Bertz CT molecular complexity index is 642. The van der Waals surface area contributed by atoms with Gasteiger partial charge >= 0.3 is 0 Å². The van der Waals surface area contributed by atoms with Crippen LogP contribution in [0.3, 0.4) is 0 Å². The fraction of sp³-hybridized carbons (Fsp3) is 0.200. The number of methoxy groups -OCH3 is 1. The monoisotopic (exact) mass is 289 g/mol. The van der Waals surface area contributed by atoms with Gasteiger partial charge < -0.3 is 14.6 Å². The van der Waals surface area contributed by atoms with Crippen molar-refractivity contribution in [2.24, 2.45) is 0 Å². The Morgan fingerprint density at radius 1 is 1.19 bits per heavy atom. The van der Waals surface area contributed by atoms with Gasteiger partial charge in [0, 0.05) is 13.2 Å². The van der Waals surface area contributed by atoms with Gasteiger partial charge in [0.1, 0.15) is 11.5 Å². The van der Waals surface area contributed by atoms with Gasteiger partial charge in [0.05, 0.1) is 23.7 Å². The quantitative estimate of drug-likeness (QED) is 0.653. The predicted octanol–water partition coefficient (Wildman–Crippen LogP) is 3.03. The van der Waals surface area contributed by atoms with E-state index in [0.29, 0.717) is 18.1 Å². The molecule has 0 aliphatic rings. The zero-order valence-electron chi connectivity index (χ0n) is 11.5. The average Bonchev–Trinajstić information content (AvgIpc) is 2.47. The maximum Gasteiger partial charge on any atom is 0.275 e. The molecule has 6 heteroatoms. The lowest BCUT2D eigenvalue weighted by molar-refractivity contribution is -0.385. The molecule has 0 bridgehead atoms. The van der Waals surface area contributed by atoms with Gasteiger partial charge in [-0.2, -0.15) is 0 Å². The second kappa shape index (κ2) is 6.83. The number of nitro benzene ring substituents is 1. The number of nitro groups is 1. The molecule has 0 unspecified atom stereocenters. The Labute approximate surface area is 121 Å². The Morgan fingerprint density at radius 3 is 2.62 bits per heavy atom. The van der Waals surface area contributed by atoms with Crippen LogP contribution < -0.4 is 4.74 Å². The van der Waals surface area contributed by atoms with E-state index in [1.807, 2.05) is 18.2 Å². The molecule has 0 saturated carbocycles. The third-order valence-corrected chi connectivity index (χ3v) is 2.86. The summed E-state index contributed by atoms with van der Waals surface area (Å²) in [6.45, 7) is 0.0522. The Balaban J connectivity index is 2.23. The first-order valence-corrected chi connectivity index (χ1v) is 6.28. The van der Waals surface area contributed by atoms with Crippen molar-refractivity contribution in [3.05, 3.63) is 63.7 Å². The molecule has 2 aromatic rings. The molecule has 110 valence electrons. The van der Waals surface area contributed by atoms with E-state index >= 15 is 0 Å². The van der Waals surface area contributed by atoms with E-state index in [1.165, 1.54) is 18.2 Å². The molecular weight excluding hydrogens is 274 g/mol. The van der Waals surface area contributed by atoms with Gasteiger partial charge in [-0.3, -0.25) is 10.1 Å². The zero-order valence-corrected chi connectivity index (χ0v) is 11.5. The van der Waals surface area contributed by atoms with Crippen LogP contribution in [0.25, 0.3) is 0 Å². The molecule has 0 fully saturated rings.